The Labute approximate surface area is 90.3 Å². The maximum Gasteiger partial charge on any atom is 0.303 e. The summed E-state index contributed by atoms with van der Waals surface area (Å²) in [5.41, 5.74) is 1.19. The molecule has 15 heavy (non-hydrogen) atoms. The van der Waals surface area contributed by atoms with Crippen molar-refractivity contribution in [2.45, 2.75) is 25.2 Å². The number of carbonyl (C=O) groups is 1. The zero-order valence-electron chi connectivity index (χ0n) is 8.73. The number of allylic oxidation sites excluding steroid dienone is 1. The summed E-state index contributed by atoms with van der Waals surface area (Å²) in [6.45, 7) is 3.71. The van der Waals surface area contributed by atoms with Gasteiger partial charge in [0.1, 0.15) is 0 Å². The highest BCUT2D eigenvalue weighted by Crippen LogP contribution is 2.24. The van der Waals surface area contributed by atoms with Gasteiger partial charge in [0, 0.05) is 6.42 Å². The van der Waals surface area contributed by atoms with Crippen LogP contribution in [0.5, 0.6) is 0 Å². The van der Waals surface area contributed by atoms with Crippen molar-refractivity contribution in [3.05, 3.63) is 48.6 Å². The van der Waals surface area contributed by atoms with Crippen molar-refractivity contribution in [3.8, 4) is 0 Å². The standard InChI is InChI=1S/C13H16O2/c1-2-6-11(9-10-13(14)15)12-7-4-3-5-8-12/h2-5,7-8,11H,1,6,9-10H2,(H,14,15). The molecule has 1 aromatic carbocycles. The van der Waals surface area contributed by atoms with E-state index in [0.29, 0.717) is 6.42 Å². The van der Waals surface area contributed by atoms with E-state index in [0.717, 1.165) is 6.42 Å². The Balaban J connectivity index is 2.65. The molecule has 1 aromatic rings. The zero-order chi connectivity index (χ0) is 11.1. The lowest BCUT2D eigenvalue weighted by Gasteiger charge is -2.13. The van der Waals surface area contributed by atoms with E-state index < -0.39 is 5.97 Å². The molecule has 0 bridgehead atoms. The Bertz CT molecular complexity index is 317. The number of carboxylic acids is 1. The third-order valence-electron chi connectivity index (χ3n) is 2.43. The number of rotatable bonds is 6. The molecule has 0 aliphatic rings. The zero-order valence-corrected chi connectivity index (χ0v) is 8.73. The maximum absolute atomic E-state index is 10.5. The van der Waals surface area contributed by atoms with Gasteiger partial charge in [0.25, 0.3) is 0 Å². The van der Waals surface area contributed by atoms with Crippen molar-refractivity contribution in [2.75, 3.05) is 0 Å². The van der Waals surface area contributed by atoms with Gasteiger partial charge < -0.3 is 5.11 Å². The molecule has 0 spiro atoms. The predicted octanol–water partition coefficient (Wildman–Crippen LogP) is 3.21. The second kappa shape index (κ2) is 6.02. The minimum atomic E-state index is -0.736. The summed E-state index contributed by atoms with van der Waals surface area (Å²) < 4.78 is 0. The molecule has 80 valence electrons. The lowest BCUT2D eigenvalue weighted by Crippen LogP contribution is -2.02. The van der Waals surface area contributed by atoms with Crippen LogP contribution in [0, 0.1) is 0 Å². The summed E-state index contributed by atoms with van der Waals surface area (Å²) in [5.74, 6) is -0.459. The van der Waals surface area contributed by atoms with Gasteiger partial charge in [0.15, 0.2) is 0 Å². The minimum Gasteiger partial charge on any atom is -0.481 e. The minimum absolute atomic E-state index is 0.216. The van der Waals surface area contributed by atoms with Gasteiger partial charge >= 0.3 is 5.97 Å². The molecule has 0 fully saturated rings. The number of hydrogen-bond acceptors (Lipinski definition) is 1. The molecule has 2 heteroatoms. The molecule has 0 radical (unpaired) electrons. The third kappa shape index (κ3) is 3.98. The van der Waals surface area contributed by atoms with E-state index in [9.17, 15) is 4.79 Å². The van der Waals surface area contributed by atoms with Gasteiger partial charge in [-0.3, -0.25) is 4.79 Å². The predicted molar refractivity (Wildman–Crippen MR) is 60.9 cm³/mol. The molecule has 0 aliphatic carbocycles. The van der Waals surface area contributed by atoms with Crippen molar-refractivity contribution < 1.29 is 9.90 Å². The van der Waals surface area contributed by atoms with Gasteiger partial charge in [-0.2, -0.15) is 0 Å². The highest BCUT2D eigenvalue weighted by molar-refractivity contribution is 5.66. The monoisotopic (exact) mass is 204 g/mol. The smallest absolute Gasteiger partial charge is 0.303 e. The summed E-state index contributed by atoms with van der Waals surface area (Å²) >= 11 is 0. The van der Waals surface area contributed by atoms with Crippen molar-refractivity contribution in [2.24, 2.45) is 0 Å². The van der Waals surface area contributed by atoms with Crippen molar-refractivity contribution >= 4 is 5.97 Å². The molecule has 1 rings (SSSR count). The highest BCUT2D eigenvalue weighted by Gasteiger charge is 2.11. The van der Waals surface area contributed by atoms with E-state index in [4.69, 9.17) is 5.11 Å². The molecule has 0 amide bonds. The molecule has 1 N–H and O–H groups in total. The lowest BCUT2D eigenvalue weighted by molar-refractivity contribution is -0.137. The SMILES string of the molecule is C=CCC(CCC(=O)O)c1ccccc1. The first-order valence-electron chi connectivity index (χ1n) is 5.11. The normalized spacial score (nSPS) is 12.0. The van der Waals surface area contributed by atoms with E-state index in [1.165, 1.54) is 5.56 Å². The summed E-state index contributed by atoms with van der Waals surface area (Å²) in [7, 11) is 0. The fourth-order valence-corrected chi connectivity index (χ4v) is 1.64. The molecule has 1 atom stereocenters. The molecule has 0 saturated heterocycles. The first kappa shape index (κ1) is 11.5. The lowest BCUT2D eigenvalue weighted by atomic mass is 9.91. The molecular weight excluding hydrogens is 188 g/mol. The summed E-state index contributed by atoms with van der Waals surface area (Å²) in [6, 6.07) is 10.00. The maximum atomic E-state index is 10.5. The van der Waals surface area contributed by atoms with Crippen molar-refractivity contribution in [1.29, 1.82) is 0 Å². The largest absolute Gasteiger partial charge is 0.481 e. The van der Waals surface area contributed by atoms with E-state index in [-0.39, 0.29) is 12.3 Å². The molecule has 2 nitrogen and oxygen atoms in total. The van der Waals surface area contributed by atoms with Crippen LogP contribution in [0.15, 0.2) is 43.0 Å². The second-order valence-electron chi connectivity index (χ2n) is 3.56. The van der Waals surface area contributed by atoms with Crippen LogP contribution >= 0.6 is 0 Å². The van der Waals surface area contributed by atoms with Crippen LogP contribution in [0.4, 0.5) is 0 Å². The van der Waals surface area contributed by atoms with Crippen LogP contribution in [0.2, 0.25) is 0 Å². The van der Waals surface area contributed by atoms with Gasteiger partial charge in [-0.15, -0.1) is 6.58 Å². The van der Waals surface area contributed by atoms with Crippen LogP contribution in [0.3, 0.4) is 0 Å². The second-order valence-corrected chi connectivity index (χ2v) is 3.56. The average Bonchev–Trinajstić information content (AvgIpc) is 2.25. The Morgan fingerprint density at radius 1 is 1.40 bits per heavy atom. The average molecular weight is 204 g/mol. The molecular formula is C13H16O2. The van der Waals surface area contributed by atoms with Gasteiger partial charge in [-0.25, -0.2) is 0 Å². The first-order chi connectivity index (χ1) is 7.24. The van der Waals surface area contributed by atoms with Gasteiger partial charge in [-0.05, 0) is 24.3 Å². The molecule has 0 saturated carbocycles. The Morgan fingerprint density at radius 3 is 2.60 bits per heavy atom. The quantitative estimate of drug-likeness (QED) is 0.722. The van der Waals surface area contributed by atoms with E-state index in [1.807, 2.05) is 36.4 Å². The molecule has 1 unspecified atom stereocenters. The third-order valence-corrected chi connectivity index (χ3v) is 2.43. The number of hydrogen-bond donors (Lipinski definition) is 1. The molecule has 0 aliphatic heterocycles. The fraction of sp³-hybridized carbons (Fsp3) is 0.308. The first-order valence-corrected chi connectivity index (χ1v) is 5.11. The summed E-state index contributed by atoms with van der Waals surface area (Å²) in [4.78, 5) is 10.5. The fourth-order valence-electron chi connectivity index (χ4n) is 1.64. The summed E-state index contributed by atoms with van der Waals surface area (Å²) in [6.07, 6.45) is 3.57. The van der Waals surface area contributed by atoms with Crippen LogP contribution in [0.1, 0.15) is 30.7 Å². The van der Waals surface area contributed by atoms with Crippen LogP contribution < -0.4 is 0 Å². The van der Waals surface area contributed by atoms with Gasteiger partial charge in [0.2, 0.25) is 0 Å². The Kier molecular flexibility index (Phi) is 4.61. The van der Waals surface area contributed by atoms with Crippen LogP contribution in [0.25, 0.3) is 0 Å². The summed E-state index contributed by atoms with van der Waals surface area (Å²) in [5, 5.41) is 8.65. The Morgan fingerprint density at radius 2 is 2.07 bits per heavy atom. The highest BCUT2D eigenvalue weighted by atomic mass is 16.4. The van der Waals surface area contributed by atoms with Gasteiger partial charge in [0.05, 0.1) is 0 Å². The van der Waals surface area contributed by atoms with Crippen molar-refractivity contribution in [3.63, 3.8) is 0 Å². The molecule has 0 aromatic heterocycles. The van der Waals surface area contributed by atoms with Crippen LogP contribution in [-0.4, -0.2) is 11.1 Å². The Hall–Kier alpha value is -1.57. The van der Waals surface area contributed by atoms with Gasteiger partial charge in [-0.1, -0.05) is 36.4 Å². The van der Waals surface area contributed by atoms with Crippen LogP contribution in [-0.2, 0) is 4.79 Å². The van der Waals surface area contributed by atoms with E-state index >= 15 is 0 Å². The number of benzene rings is 1. The number of aliphatic carboxylic acids is 1. The van der Waals surface area contributed by atoms with Crippen molar-refractivity contribution in [1.82, 2.24) is 0 Å². The van der Waals surface area contributed by atoms with E-state index in [1.54, 1.807) is 0 Å². The molecule has 0 heterocycles. The number of carboxylic acid groups (broad SMARTS) is 1. The topological polar surface area (TPSA) is 37.3 Å². The van der Waals surface area contributed by atoms with E-state index in [2.05, 4.69) is 6.58 Å².